The molecule has 0 spiro atoms. The Morgan fingerprint density at radius 1 is 1.30 bits per heavy atom. The highest BCUT2D eigenvalue weighted by Gasteiger charge is 2.32. The van der Waals surface area contributed by atoms with Gasteiger partial charge in [0.2, 0.25) is 5.91 Å². The molecule has 1 aromatic rings. The molecule has 0 radical (unpaired) electrons. The Morgan fingerprint density at radius 2 is 1.96 bits per heavy atom. The zero-order chi connectivity index (χ0) is 20.0. The first-order valence-electron chi connectivity index (χ1n) is 8.58. The number of amides is 3. The molecule has 0 saturated carbocycles. The second-order valence-electron chi connectivity index (χ2n) is 6.20. The van der Waals surface area contributed by atoms with Crippen molar-refractivity contribution in [1.82, 2.24) is 10.2 Å². The number of carbonyl (C=O) groups excluding carboxylic acids is 2. The molecule has 2 N–H and O–H groups in total. The lowest BCUT2D eigenvalue weighted by molar-refractivity contribution is -0.274. The molecular weight excluding hydrogens is 431 g/mol. The van der Waals surface area contributed by atoms with E-state index in [-0.39, 0.29) is 16.4 Å². The van der Waals surface area contributed by atoms with Crippen LogP contribution < -0.4 is 15.4 Å². The smallest absolute Gasteiger partial charge is 0.405 e. The fraction of sp³-hybridized carbons (Fsp3) is 0.529. The van der Waals surface area contributed by atoms with E-state index < -0.39 is 18.1 Å². The number of piperidine rings is 1. The molecule has 3 amide bonds. The van der Waals surface area contributed by atoms with Crippen LogP contribution in [0.25, 0.3) is 0 Å². The van der Waals surface area contributed by atoms with E-state index in [0.29, 0.717) is 38.0 Å². The lowest BCUT2D eigenvalue weighted by atomic mass is 10.0. The minimum Gasteiger partial charge on any atom is -0.405 e. The highest BCUT2D eigenvalue weighted by atomic mass is 79.9. The van der Waals surface area contributed by atoms with Crippen molar-refractivity contribution in [3.8, 4) is 5.75 Å². The molecule has 0 aromatic heterocycles. The van der Waals surface area contributed by atoms with Crippen molar-refractivity contribution >= 4 is 33.6 Å². The van der Waals surface area contributed by atoms with Gasteiger partial charge in [0.15, 0.2) is 0 Å². The fourth-order valence-electron chi connectivity index (χ4n) is 2.78. The van der Waals surface area contributed by atoms with Gasteiger partial charge in [-0.05, 0) is 53.4 Å². The fourth-order valence-corrected chi connectivity index (χ4v) is 3.24. The summed E-state index contributed by atoms with van der Waals surface area (Å²) in [6.45, 7) is 3.15. The van der Waals surface area contributed by atoms with Gasteiger partial charge in [-0.2, -0.15) is 0 Å². The molecular formula is C17H21BrF3N3O3. The molecule has 0 atom stereocenters. The number of ether oxygens (including phenoxy) is 1. The van der Waals surface area contributed by atoms with Crippen LogP contribution in [0.1, 0.15) is 32.6 Å². The van der Waals surface area contributed by atoms with E-state index in [4.69, 9.17) is 0 Å². The second-order valence-corrected chi connectivity index (χ2v) is 7.05. The topological polar surface area (TPSA) is 70.7 Å². The Balaban J connectivity index is 1.83. The van der Waals surface area contributed by atoms with Crippen LogP contribution in [-0.4, -0.2) is 42.3 Å². The van der Waals surface area contributed by atoms with Crippen molar-refractivity contribution in [3.63, 3.8) is 0 Å². The quantitative estimate of drug-likeness (QED) is 0.702. The first-order chi connectivity index (χ1) is 12.7. The first-order valence-corrected chi connectivity index (χ1v) is 9.38. The molecule has 150 valence electrons. The predicted octanol–water partition coefficient (Wildman–Crippen LogP) is 4.26. The number of likely N-dealkylation sites (tertiary alicyclic amines) is 1. The van der Waals surface area contributed by atoms with E-state index in [2.05, 4.69) is 31.3 Å². The standard InChI is InChI=1S/C17H21BrF3N3O3/c1-2-3-15(25)24-8-6-11(7-9-24)22-16(26)23-12-4-5-14(13(18)10-12)27-17(19,20)21/h4-5,10-11H,2-3,6-9H2,1H3,(H2,22,23,26). The van der Waals surface area contributed by atoms with E-state index in [1.807, 2.05) is 6.92 Å². The lowest BCUT2D eigenvalue weighted by Gasteiger charge is -2.32. The maximum atomic E-state index is 12.3. The van der Waals surface area contributed by atoms with Gasteiger partial charge in [-0.15, -0.1) is 13.2 Å². The minimum atomic E-state index is -4.79. The summed E-state index contributed by atoms with van der Waals surface area (Å²) >= 11 is 2.99. The third-order valence-electron chi connectivity index (χ3n) is 4.06. The number of rotatable bonds is 5. The van der Waals surface area contributed by atoms with E-state index >= 15 is 0 Å². The Hall–Kier alpha value is -1.97. The van der Waals surface area contributed by atoms with Crippen LogP contribution in [0.5, 0.6) is 5.75 Å². The molecule has 1 heterocycles. The molecule has 6 nitrogen and oxygen atoms in total. The summed E-state index contributed by atoms with van der Waals surface area (Å²) in [5, 5.41) is 5.39. The SMILES string of the molecule is CCCC(=O)N1CCC(NC(=O)Nc2ccc(OC(F)(F)F)c(Br)c2)CC1. The van der Waals surface area contributed by atoms with E-state index in [0.717, 1.165) is 12.5 Å². The van der Waals surface area contributed by atoms with Crippen LogP contribution >= 0.6 is 15.9 Å². The highest BCUT2D eigenvalue weighted by molar-refractivity contribution is 9.10. The zero-order valence-electron chi connectivity index (χ0n) is 14.7. The third kappa shape index (κ3) is 6.93. The largest absolute Gasteiger partial charge is 0.573 e. The number of anilines is 1. The Kier molecular flexibility index (Phi) is 7.34. The van der Waals surface area contributed by atoms with Gasteiger partial charge in [0.1, 0.15) is 5.75 Å². The monoisotopic (exact) mass is 451 g/mol. The van der Waals surface area contributed by atoms with Gasteiger partial charge in [0.05, 0.1) is 4.47 Å². The molecule has 27 heavy (non-hydrogen) atoms. The minimum absolute atomic E-state index is 0.0630. The number of hydrogen-bond donors (Lipinski definition) is 2. The second kappa shape index (κ2) is 9.29. The Morgan fingerprint density at radius 3 is 2.52 bits per heavy atom. The van der Waals surface area contributed by atoms with Gasteiger partial charge in [0, 0.05) is 31.2 Å². The van der Waals surface area contributed by atoms with Crippen molar-refractivity contribution < 1.29 is 27.5 Å². The third-order valence-corrected chi connectivity index (χ3v) is 4.68. The van der Waals surface area contributed by atoms with Gasteiger partial charge in [0.25, 0.3) is 0 Å². The van der Waals surface area contributed by atoms with Crippen molar-refractivity contribution in [3.05, 3.63) is 22.7 Å². The average Bonchev–Trinajstić information content (AvgIpc) is 2.57. The van der Waals surface area contributed by atoms with Crippen LogP contribution in [-0.2, 0) is 4.79 Å². The number of hydrogen-bond acceptors (Lipinski definition) is 3. The number of nitrogens with zero attached hydrogens (tertiary/aromatic N) is 1. The van der Waals surface area contributed by atoms with E-state index in [1.165, 1.54) is 12.1 Å². The molecule has 1 saturated heterocycles. The maximum Gasteiger partial charge on any atom is 0.573 e. The molecule has 1 aromatic carbocycles. The summed E-state index contributed by atoms with van der Waals surface area (Å²) in [5.41, 5.74) is 0.324. The van der Waals surface area contributed by atoms with Crippen LogP contribution in [0.2, 0.25) is 0 Å². The summed E-state index contributed by atoms with van der Waals surface area (Å²) in [5.74, 6) is -0.260. The van der Waals surface area contributed by atoms with Gasteiger partial charge >= 0.3 is 12.4 Å². The van der Waals surface area contributed by atoms with Crippen LogP contribution in [0.3, 0.4) is 0 Å². The van der Waals surface area contributed by atoms with Crippen LogP contribution in [0.15, 0.2) is 22.7 Å². The van der Waals surface area contributed by atoms with Crippen molar-refractivity contribution in [2.24, 2.45) is 0 Å². The molecule has 0 unspecified atom stereocenters. The average molecular weight is 452 g/mol. The van der Waals surface area contributed by atoms with Crippen molar-refractivity contribution in [2.45, 2.75) is 45.0 Å². The predicted molar refractivity (Wildman–Crippen MR) is 97.5 cm³/mol. The number of alkyl halides is 3. The summed E-state index contributed by atoms with van der Waals surface area (Å²) in [6.07, 6.45) is -2.14. The summed E-state index contributed by atoms with van der Waals surface area (Å²) in [7, 11) is 0. The zero-order valence-corrected chi connectivity index (χ0v) is 16.3. The van der Waals surface area contributed by atoms with Gasteiger partial charge in [-0.25, -0.2) is 4.79 Å². The van der Waals surface area contributed by atoms with Gasteiger partial charge in [-0.3, -0.25) is 4.79 Å². The van der Waals surface area contributed by atoms with Gasteiger partial charge in [-0.1, -0.05) is 6.92 Å². The number of carbonyl (C=O) groups is 2. The molecule has 2 rings (SSSR count). The van der Waals surface area contributed by atoms with Crippen molar-refractivity contribution in [2.75, 3.05) is 18.4 Å². The lowest BCUT2D eigenvalue weighted by Crippen LogP contribution is -2.47. The maximum absolute atomic E-state index is 12.3. The Bertz CT molecular complexity index is 677. The summed E-state index contributed by atoms with van der Waals surface area (Å²) in [4.78, 5) is 25.8. The normalized spacial score (nSPS) is 15.4. The van der Waals surface area contributed by atoms with E-state index in [1.54, 1.807) is 4.90 Å². The van der Waals surface area contributed by atoms with Crippen molar-refractivity contribution in [1.29, 1.82) is 0 Å². The number of halogens is 4. The van der Waals surface area contributed by atoms with Gasteiger partial charge < -0.3 is 20.3 Å². The van der Waals surface area contributed by atoms with Crippen LogP contribution in [0.4, 0.5) is 23.7 Å². The van der Waals surface area contributed by atoms with E-state index in [9.17, 15) is 22.8 Å². The molecule has 0 bridgehead atoms. The molecule has 10 heteroatoms. The number of benzene rings is 1. The first kappa shape index (κ1) is 21.3. The highest BCUT2D eigenvalue weighted by Crippen LogP contribution is 2.32. The number of nitrogens with one attached hydrogen (secondary N) is 2. The molecule has 0 aliphatic carbocycles. The summed E-state index contributed by atoms with van der Waals surface area (Å²) < 4.78 is 40.7. The molecule has 1 aliphatic rings. The number of urea groups is 1. The summed E-state index contributed by atoms with van der Waals surface area (Å²) in [6, 6.07) is 3.24. The Labute approximate surface area is 163 Å². The molecule has 1 aliphatic heterocycles. The van der Waals surface area contributed by atoms with Crippen LogP contribution in [0, 0.1) is 0 Å². The molecule has 1 fully saturated rings.